The van der Waals surface area contributed by atoms with E-state index in [0.717, 1.165) is 49.7 Å². The fourth-order valence-electron chi connectivity index (χ4n) is 3.42. The van der Waals surface area contributed by atoms with Gasteiger partial charge in [-0.25, -0.2) is 4.98 Å². The van der Waals surface area contributed by atoms with Crippen molar-refractivity contribution in [2.75, 3.05) is 18.5 Å². The second-order valence-electron chi connectivity index (χ2n) is 7.61. The lowest BCUT2D eigenvalue weighted by Crippen LogP contribution is -2.04. The van der Waals surface area contributed by atoms with Crippen LogP contribution in [0.2, 0.25) is 0 Å². The minimum atomic E-state index is 0.596. The average molecular weight is 511 g/mol. The van der Waals surface area contributed by atoms with Gasteiger partial charge >= 0.3 is 0 Å². The van der Waals surface area contributed by atoms with Crippen molar-refractivity contribution in [3.05, 3.63) is 70.2 Å². The predicted molar refractivity (Wildman–Crippen MR) is 138 cm³/mol. The van der Waals surface area contributed by atoms with Crippen LogP contribution in [-0.4, -0.2) is 18.2 Å². The fraction of sp³-hybridized carbons (Fsp3) is 0.269. The normalized spacial score (nSPS) is 11.0. The number of rotatable bonds is 9. The van der Waals surface area contributed by atoms with Crippen molar-refractivity contribution in [3.63, 3.8) is 0 Å². The number of halogens is 1. The van der Waals surface area contributed by atoms with E-state index in [2.05, 4.69) is 83.6 Å². The molecule has 0 fully saturated rings. The predicted octanol–water partition coefficient (Wildman–Crippen LogP) is 7.83. The molecule has 0 aliphatic carbocycles. The lowest BCUT2D eigenvalue weighted by molar-refractivity contribution is 0.275. The maximum Gasteiger partial charge on any atom is 0.175 e. The molecule has 0 amide bonds. The SMILES string of the molecule is CCCOc1c(Br)cc(CNc2ccc(-c3nc4ccc(C)cc4s3)cc2)cc1OCC. The summed E-state index contributed by atoms with van der Waals surface area (Å²) in [6.07, 6.45) is 0.952. The van der Waals surface area contributed by atoms with Gasteiger partial charge in [-0.3, -0.25) is 0 Å². The third-order valence-corrected chi connectivity index (χ3v) is 6.65. The summed E-state index contributed by atoms with van der Waals surface area (Å²) in [7, 11) is 0. The van der Waals surface area contributed by atoms with E-state index >= 15 is 0 Å². The Labute approximate surface area is 201 Å². The lowest BCUT2D eigenvalue weighted by atomic mass is 10.1. The summed E-state index contributed by atoms with van der Waals surface area (Å²) in [6.45, 7) is 8.13. The van der Waals surface area contributed by atoms with E-state index in [9.17, 15) is 0 Å². The van der Waals surface area contributed by atoms with Gasteiger partial charge < -0.3 is 14.8 Å². The summed E-state index contributed by atoms with van der Waals surface area (Å²) < 4.78 is 13.8. The smallest absolute Gasteiger partial charge is 0.175 e. The molecule has 1 heterocycles. The average Bonchev–Trinajstić information content (AvgIpc) is 3.21. The van der Waals surface area contributed by atoms with Crippen molar-refractivity contribution >= 4 is 43.2 Å². The van der Waals surface area contributed by atoms with E-state index in [0.29, 0.717) is 19.8 Å². The highest BCUT2D eigenvalue weighted by atomic mass is 79.9. The number of benzene rings is 3. The van der Waals surface area contributed by atoms with Gasteiger partial charge in [0.05, 0.1) is 27.9 Å². The van der Waals surface area contributed by atoms with Crippen molar-refractivity contribution in [3.8, 4) is 22.1 Å². The molecule has 166 valence electrons. The first kappa shape index (κ1) is 22.6. The Morgan fingerprint density at radius 1 is 1.00 bits per heavy atom. The Kier molecular flexibility index (Phi) is 7.33. The molecular weight excluding hydrogens is 484 g/mol. The lowest BCUT2D eigenvalue weighted by Gasteiger charge is -2.16. The second kappa shape index (κ2) is 10.4. The number of hydrogen-bond acceptors (Lipinski definition) is 5. The summed E-state index contributed by atoms with van der Waals surface area (Å²) >= 11 is 5.37. The molecule has 0 atom stereocenters. The first-order chi connectivity index (χ1) is 15.6. The van der Waals surface area contributed by atoms with Gasteiger partial charge in [-0.1, -0.05) is 13.0 Å². The molecule has 0 saturated heterocycles. The summed E-state index contributed by atoms with van der Waals surface area (Å²) in [4.78, 5) is 4.78. The zero-order chi connectivity index (χ0) is 22.5. The van der Waals surface area contributed by atoms with Gasteiger partial charge in [-0.15, -0.1) is 11.3 Å². The molecule has 4 rings (SSSR count). The van der Waals surface area contributed by atoms with Crippen molar-refractivity contribution in [2.24, 2.45) is 0 Å². The molecule has 32 heavy (non-hydrogen) atoms. The van der Waals surface area contributed by atoms with Crippen LogP contribution < -0.4 is 14.8 Å². The van der Waals surface area contributed by atoms with Crippen LogP contribution in [0.4, 0.5) is 5.69 Å². The molecule has 0 saturated carbocycles. The van der Waals surface area contributed by atoms with Crippen LogP contribution in [0.15, 0.2) is 59.1 Å². The second-order valence-corrected chi connectivity index (χ2v) is 9.49. The summed E-state index contributed by atoms with van der Waals surface area (Å²) in [5.74, 6) is 1.54. The van der Waals surface area contributed by atoms with E-state index < -0.39 is 0 Å². The standard InChI is InChI=1S/C26H27BrN2O2S/c1-4-12-31-25-21(27)14-18(15-23(25)30-5-2)16-28-20-9-7-19(8-10-20)26-29-22-11-6-17(3)13-24(22)32-26/h6-11,13-15,28H,4-5,12,16H2,1-3H3. The molecule has 4 nitrogen and oxygen atoms in total. The number of fused-ring (bicyclic) bond motifs is 1. The van der Waals surface area contributed by atoms with E-state index in [1.165, 1.54) is 10.3 Å². The number of nitrogens with one attached hydrogen (secondary N) is 1. The topological polar surface area (TPSA) is 43.4 Å². The van der Waals surface area contributed by atoms with Gasteiger partial charge in [0.25, 0.3) is 0 Å². The first-order valence-corrected chi connectivity index (χ1v) is 12.5. The van der Waals surface area contributed by atoms with E-state index in [-0.39, 0.29) is 0 Å². The molecule has 4 aromatic rings. The van der Waals surface area contributed by atoms with Crippen LogP contribution in [0.1, 0.15) is 31.4 Å². The molecule has 0 spiro atoms. The fourth-order valence-corrected chi connectivity index (χ4v) is 5.09. The van der Waals surface area contributed by atoms with Gasteiger partial charge in [-0.05, 0) is 95.9 Å². The summed E-state index contributed by atoms with van der Waals surface area (Å²) in [5.41, 5.74) is 5.63. The van der Waals surface area contributed by atoms with Gasteiger partial charge in [0.2, 0.25) is 0 Å². The third-order valence-electron chi connectivity index (χ3n) is 4.99. The van der Waals surface area contributed by atoms with Gasteiger partial charge in [0.1, 0.15) is 5.01 Å². The Morgan fingerprint density at radius 2 is 1.81 bits per heavy atom. The number of anilines is 1. The monoisotopic (exact) mass is 510 g/mol. The van der Waals surface area contributed by atoms with Gasteiger partial charge in [-0.2, -0.15) is 0 Å². The maximum absolute atomic E-state index is 5.87. The molecule has 0 unspecified atom stereocenters. The van der Waals surface area contributed by atoms with Crippen molar-refractivity contribution < 1.29 is 9.47 Å². The number of ether oxygens (including phenoxy) is 2. The van der Waals surface area contributed by atoms with Gasteiger partial charge in [0, 0.05) is 17.8 Å². The highest BCUT2D eigenvalue weighted by molar-refractivity contribution is 9.10. The molecule has 1 N–H and O–H groups in total. The highest BCUT2D eigenvalue weighted by Crippen LogP contribution is 2.37. The largest absolute Gasteiger partial charge is 0.490 e. The quantitative estimate of drug-likeness (QED) is 0.249. The minimum absolute atomic E-state index is 0.596. The molecule has 0 aliphatic rings. The zero-order valence-corrected chi connectivity index (χ0v) is 21.0. The Hall–Kier alpha value is -2.57. The van der Waals surface area contributed by atoms with Crippen LogP contribution in [0, 0.1) is 6.92 Å². The number of hydrogen-bond donors (Lipinski definition) is 1. The summed E-state index contributed by atoms with van der Waals surface area (Å²) in [5, 5.41) is 4.55. The third kappa shape index (κ3) is 5.25. The molecule has 3 aromatic carbocycles. The molecule has 0 radical (unpaired) electrons. The van der Waals surface area contributed by atoms with E-state index in [1.54, 1.807) is 11.3 Å². The molecule has 0 bridgehead atoms. The van der Waals surface area contributed by atoms with E-state index in [4.69, 9.17) is 14.5 Å². The molecule has 1 aromatic heterocycles. The minimum Gasteiger partial charge on any atom is -0.490 e. The van der Waals surface area contributed by atoms with Crippen LogP contribution in [0.25, 0.3) is 20.8 Å². The number of nitrogens with zero attached hydrogens (tertiary/aromatic N) is 1. The first-order valence-electron chi connectivity index (χ1n) is 10.9. The zero-order valence-electron chi connectivity index (χ0n) is 18.6. The van der Waals surface area contributed by atoms with Crippen molar-refractivity contribution in [1.82, 2.24) is 4.98 Å². The molecular formula is C26H27BrN2O2S. The Morgan fingerprint density at radius 3 is 2.56 bits per heavy atom. The maximum atomic E-state index is 5.87. The van der Waals surface area contributed by atoms with Crippen LogP contribution >= 0.6 is 27.3 Å². The van der Waals surface area contributed by atoms with E-state index in [1.807, 2.05) is 13.0 Å². The number of aryl methyl sites for hydroxylation is 1. The summed E-state index contributed by atoms with van der Waals surface area (Å²) in [6, 6.07) is 19.0. The Bertz CT molecular complexity index is 1200. The van der Waals surface area contributed by atoms with Crippen LogP contribution in [0.5, 0.6) is 11.5 Å². The molecule has 6 heteroatoms. The Balaban J connectivity index is 1.46. The van der Waals surface area contributed by atoms with Gasteiger partial charge in [0.15, 0.2) is 11.5 Å². The molecule has 0 aliphatic heterocycles. The van der Waals surface area contributed by atoms with Crippen molar-refractivity contribution in [2.45, 2.75) is 33.7 Å². The number of aromatic nitrogens is 1. The van der Waals surface area contributed by atoms with Crippen molar-refractivity contribution in [1.29, 1.82) is 0 Å². The number of thiazole rings is 1. The van der Waals surface area contributed by atoms with Crippen LogP contribution in [0.3, 0.4) is 0 Å². The van der Waals surface area contributed by atoms with Crippen LogP contribution in [-0.2, 0) is 6.54 Å². The highest BCUT2D eigenvalue weighted by Gasteiger charge is 2.12.